The SMILES string of the molecule is C.C.C.C1CCCCC1.C1CCCCC1.CNC.CNC.CNC(=O)C1CC(C(=O)NC)C(C(=O)O)CC1C(=O)O.CNC(=O)C1CC(C(=O)NC)C(C(=O)O)CC1C(=O)O.[B]. The monoisotopic (exact) mass is 890 g/mol. The van der Waals surface area contributed by atoms with Crippen LogP contribution in [-0.4, -0.2) is 133 Å². The summed E-state index contributed by atoms with van der Waals surface area (Å²) in [7, 11) is 13.0. The number of rotatable bonds is 8. The zero-order valence-corrected chi connectivity index (χ0v) is 36.6. The maximum Gasteiger partial charge on any atom is 0.307 e. The molecule has 0 bridgehead atoms. The molecule has 4 aliphatic carbocycles. The first-order chi connectivity index (χ1) is 27.5. The highest BCUT2D eigenvalue weighted by Gasteiger charge is 2.49. The lowest BCUT2D eigenvalue weighted by Gasteiger charge is -2.35. The minimum absolute atomic E-state index is 0. The molecule has 0 spiro atoms. The second-order valence-electron chi connectivity index (χ2n) is 14.8. The Kier molecular flexibility index (Phi) is 45.7. The second-order valence-corrected chi connectivity index (χ2v) is 14.8. The third kappa shape index (κ3) is 26.3. The summed E-state index contributed by atoms with van der Waals surface area (Å²) in [4.78, 5) is 91.9. The predicted octanol–water partition coefficient (Wildman–Crippen LogP) is 3.69. The van der Waals surface area contributed by atoms with E-state index >= 15 is 0 Å². The molecule has 4 aliphatic rings. The molecule has 0 heterocycles. The van der Waals surface area contributed by atoms with Crippen LogP contribution in [0.2, 0.25) is 0 Å². The van der Waals surface area contributed by atoms with Gasteiger partial charge in [-0.2, -0.15) is 0 Å². The Morgan fingerprint density at radius 3 is 0.516 bits per heavy atom. The second kappa shape index (κ2) is 40.8. The van der Waals surface area contributed by atoms with Crippen molar-refractivity contribution in [2.45, 2.75) is 125 Å². The first kappa shape index (κ1) is 69.4. The highest BCUT2D eigenvalue weighted by atomic mass is 16.4. The molecule has 4 fully saturated rings. The minimum Gasteiger partial charge on any atom is -0.481 e. The predicted molar refractivity (Wildman–Crippen MR) is 245 cm³/mol. The Balaban J connectivity index is -0.000000173. The van der Waals surface area contributed by atoms with Crippen LogP contribution in [0.4, 0.5) is 0 Å². The van der Waals surface area contributed by atoms with Crippen LogP contribution in [0.25, 0.3) is 0 Å². The molecule has 0 saturated heterocycles. The lowest BCUT2D eigenvalue weighted by molar-refractivity contribution is -0.159. The zero-order valence-electron chi connectivity index (χ0n) is 36.6. The van der Waals surface area contributed by atoms with Crippen molar-refractivity contribution < 1.29 is 58.8 Å². The molecule has 8 unspecified atom stereocenters. The molecule has 18 nitrogen and oxygen atoms in total. The molecular formula is C43H86BN6O12. The van der Waals surface area contributed by atoms with Crippen LogP contribution < -0.4 is 31.9 Å². The number of carbonyl (C=O) groups excluding carboxylic acids is 4. The number of aliphatic carboxylic acids is 4. The van der Waals surface area contributed by atoms with E-state index in [1.54, 1.807) is 0 Å². The van der Waals surface area contributed by atoms with Crippen LogP contribution >= 0.6 is 0 Å². The largest absolute Gasteiger partial charge is 0.481 e. The van der Waals surface area contributed by atoms with Crippen LogP contribution in [-0.2, 0) is 38.4 Å². The Hall–Kier alpha value is -4.26. The molecule has 0 aromatic carbocycles. The standard InChI is InChI=1S/2C12H18N2O6.2C6H12.2C2H7N.3CH4.B/c2*1-13-9(15)5-3-6(10(16)14-2)8(12(19)20)4-7(5)11(17)18;2*1-2-4-6-5-3-1;2*1-3-2;;;;/h2*5-8H,3-4H2,1-2H3,(H,13,15)(H,14,16)(H,17,18)(H,19,20);2*1-6H2;2*3H,1-2H3;3*1H4;. The number of nitrogens with one attached hydrogen (secondary N) is 6. The van der Waals surface area contributed by atoms with Gasteiger partial charge in [0.2, 0.25) is 23.6 Å². The fraction of sp³-hybridized carbons (Fsp3) is 0.814. The molecular weight excluding hydrogens is 803 g/mol. The van der Waals surface area contributed by atoms with Crippen molar-refractivity contribution in [3.63, 3.8) is 0 Å². The van der Waals surface area contributed by atoms with Crippen molar-refractivity contribution >= 4 is 55.9 Å². The van der Waals surface area contributed by atoms with Gasteiger partial charge in [-0.25, -0.2) is 0 Å². The number of amides is 4. The first-order valence-corrected chi connectivity index (χ1v) is 20.4. The van der Waals surface area contributed by atoms with E-state index in [2.05, 4.69) is 31.9 Å². The maximum atomic E-state index is 11.8. The van der Waals surface area contributed by atoms with E-state index in [1.807, 2.05) is 28.2 Å². The molecule has 4 amide bonds. The third-order valence-electron chi connectivity index (χ3n) is 10.6. The van der Waals surface area contributed by atoms with E-state index < -0.39 is 94.8 Å². The minimum atomic E-state index is -1.22. The summed E-state index contributed by atoms with van der Waals surface area (Å²) < 4.78 is 0. The van der Waals surface area contributed by atoms with E-state index in [-0.39, 0.29) is 56.4 Å². The van der Waals surface area contributed by atoms with E-state index in [4.69, 9.17) is 20.4 Å². The fourth-order valence-electron chi connectivity index (χ4n) is 7.52. The van der Waals surface area contributed by atoms with Crippen molar-refractivity contribution in [1.82, 2.24) is 31.9 Å². The normalized spacial score (nSPS) is 24.1. The molecule has 0 aromatic rings. The van der Waals surface area contributed by atoms with Crippen molar-refractivity contribution in [2.24, 2.45) is 47.3 Å². The Morgan fingerprint density at radius 2 is 0.419 bits per heavy atom. The molecule has 10 N–H and O–H groups in total. The summed E-state index contributed by atoms with van der Waals surface area (Å²) in [5, 5.41) is 51.6. The van der Waals surface area contributed by atoms with Gasteiger partial charge in [0.25, 0.3) is 0 Å². The van der Waals surface area contributed by atoms with Gasteiger partial charge in [-0.3, -0.25) is 38.4 Å². The number of carbonyl (C=O) groups is 8. The topological polar surface area (TPSA) is 290 Å². The van der Waals surface area contributed by atoms with Crippen LogP contribution in [0.15, 0.2) is 0 Å². The molecule has 0 aromatic heterocycles. The van der Waals surface area contributed by atoms with Gasteiger partial charge in [0.15, 0.2) is 0 Å². The van der Waals surface area contributed by atoms with Crippen LogP contribution in [0.5, 0.6) is 0 Å². The molecule has 363 valence electrons. The van der Waals surface area contributed by atoms with Gasteiger partial charge in [0.05, 0.1) is 47.3 Å². The van der Waals surface area contributed by atoms with Gasteiger partial charge >= 0.3 is 23.9 Å². The molecule has 3 radical (unpaired) electrons. The number of carboxylic acid groups (broad SMARTS) is 4. The quantitative estimate of drug-likeness (QED) is 0.156. The van der Waals surface area contributed by atoms with Crippen molar-refractivity contribution in [1.29, 1.82) is 0 Å². The van der Waals surface area contributed by atoms with E-state index in [1.165, 1.54) is 105 Å². The maximum absolute atomic E-state index is 11.8. The average Bonchev–Trinajstić information content (AvgIpc) is 3.23. The summed E-state index contributed by atoms with van der Waals surface area (Å²) in [6.07, 6.45) is 17.3. The summed E-state index contributed by atoms with van der Waals surface area (Å²) in [5.74, 6) is -14.9. The lowest BCUT2D eigenvalue weighted by Crippen LogP contribution is -2.49. The average molecular weight is 890 g/mol. The van der Waals surface area contributed by atoms with Crippen molar-refractivity contribution in [3.8, 4) is 0 Å². The Labute approximate surface area is 374 Å². The Morgan fingerprint density at radius 1 is 0.306 bits per heavy atom. The number of hydrogen-bond donors (Lipinski definition) is 10. The summed E-state index contributed by atoms with van der Waals surface area (Å²) >= 11 is 0. The highest BCUT2D eigenvalue weighted by molar-refractivity contribution is 5.91. The van der Waals surface area contributed by atoms with Gasteiger partial charge in [0, 0.05) is 36.6 Å². The third-order valence-corrected chi connectivity index (χ3v) is 10.6. The number of hydrogen-bond acceptors (Lipinski definition) is 10. The molecule has 62 heavy (non-hydrogen) atoms. The van der Waals surface area contributed by atoms with Gasteiger partial charge in [0.1, 0.15) is 0 Å². The van der Waals surface area contributed by atoms with Crippen LogP contribution in [0, 0.1) is 47.3 Å². The van der Waals surface area contributed by atoms with Gasteiger partial charge in [-0.05, 0) is 53.9 Å². The van der Waals surface area contributed by atoms with Gasteiger partial charge in [-0.15, -0.1) is 0 Å². The van der Waals surface area contributed by atoms with E-state index in [0.717, 1.165) is 0 Å². The van der Waals surface area contributed by atoms with Crippen molar-refractivity contribution in [2.75, 3.05) is 56.4 Å². The van der Waals surface area contributed by atoms with E-state index in [0.29, 0.717) is 0 Å². The smallest absolute Gasteiger partial charge is 0.307 e. The van der Waals surface area contributed by atoms with Crippen molar-refractivity contribution in [3.05, 3.63) is 0 Å². The summed E-state index contributed by atoms with van der Waals surface area (Å²) in [6.45, 7) is 0. The van der Waals surface area contributed by atoms with E-state index in [9.17, 15) is 38.4 Å². The molecule has 0 aliphatic heterocycles. The highest BCUT2D eigenvalue weighted by Crippen LogP contribution is 2.40. The van der Waals surface area contributed by atoms with Gasteiger partial charge in [-0.1, -0.05) is 99.3 Å². The molecule has 19 heteroatoms. The molecule has 4 rings (SSSR count). The van der Waals surface area contributed by atoms with Gasteiger partial charge < -0.3 is 52.3 Å². The Bertz CT molecular complexity index is 1080. The zero-order chi connectivity index (χ0) is 44.8. The molecule has 8 atom stereocenters. The molecule has 4 saturated carbocycles. The fourth-order valence-corrected chi connectivity index (χ4v) is 7.52. The summed E-state index contributed by atoms with van der Waals surface area (Å²) in [6, 6.07) is 0. The first-order valence-electron chi connectivity index (χ1n) is 20.4. The van der Waals surface area contributed by atoms with Crippen LogP contribution in [0.1, 0.15) is 125 Å². The van der Waals surface area contributed by atoms with Crippen LogP contribution in [0.3, 0.4) is 0 Å². The summed E-state index contributed by atoms with van der Waals surface area (Å²) in [5.41, 5.74) is 0. The number of carboxylic acids is 4. The lowest BCUT2D eigenvalue weighted by atomic mass is 9.67.